The van der Waals surface area contributed by atoms with Crippen LogP contribution in [0, 0.1) is 0 Å². The summed E-state index contributed by atoms with van der Waals surface area (Å²) in [6.45, 7) is 7.81. The first-order valence-electron chi connectivity index (χ1n) is 6.61. The van der Waals surface area contributed by atoms with Gasteiger partial charge in [0.2, 0.25) is 5.91 Å². The van der Waals surface area contributed by atoms with Gasteiger partial charge in [0.1, 0.15) is 11.4 Å². The minimum atomic E-state index is -0.299. The summed E-state index contributed by atoms with van der Waals surface area (Å²) in [5.41, 5.74) is 6.04. The Labute approximate surface area is 115 Å². The Morgan fingerprint density at radius 1 is 1.37 bits per heavy atom. The van der Waals surface area contributed by atoms with Crippen LogP contribution in [0.15, 0.2) is 24.3 Å². The van der Waals surface area contributed by atoms with Gasteiger partial charge in [-0.15, -0.1) is 0 Å². The van der Waals surface area contributed by atoms with Gasteiger partial charge in [-0.05, 0) is 46.2 Å². The number of nitrogens with two attached hydrogens (primary N) is 1. The summed E-state index contributed by atoms with van der Waals surface area (Å²) >= 11 is 0. The number of carbonyl (C=O) groups excluding carboxylic acids is 1. The molecule has 0 saturated carbocycles. The molecule has 1 rings (SSSR count). The summed E-state index contributed by atoms with van der Waals surface area (Å²) in [5.74, 6) is 0.645. The molecule has 0 aromatic heterocycles. The Kier molecular flexibility index (Phi) is 5.36. The molecule has 3 N–H and O–H groups in total. The van der Waals surface area contributed by atoms with Crippen LogP contribution < -0.4 is 15.8 Å². The van der Waals surface area contributed by atoms with E-state index >= 15 is 0 Å². The number of anilines is 1. The number of hydrogen-bond donors (Lipinski definition) is 2. The molecule has 0 spiro atoms. The van der Waals surface area contributed by atoms with Crippen molar-refractivity contribution in [1.82, 2.24) is 0 Å². The Bertz CT molecular complexity index is 422. The van der Waals surface area contributed by atoms with E-state index in [4.69, 9.17) is 10.5 Å². The van der Waals surface area contributed by atoms with Crippen LogP contribution in [0.2, 0.25) is 0 Å². The van der Waals surface area contributed by atoms with Crippen molar-refractivity contribution in [2.24, 2.45) is 5.73 Å². The molecule has 19 heavy (non-hydrogen) atoms. The third-order valence-electron chi connectivity index (χ3n) is 2.40. The first kappa shape index (κ1) is 15.5. The van der Waals surface area contributed by atoms with Gasteiger partial charge >= 0.3 is 0 Å². The molecule has 1 amide bonds. The third-order valence-corrected chi connectivity index (χ3v) is 2.40. The van der Waals surface area contributed by atoms with E-state index in [1.807, 2.05) is 52.0 Å². The fourth-order valence-electron chi connectivity index (χ4n) is 1.56. The second-order valence-corrected chi connectivity index (χ2v) is 5.77. The molecule has 0 bridgehead atoms. The fourth-order valence-corrected chi connectivity index (χ4v) is 1.56. The predicted molar refractivity (Wildman–Crippen MR) is 78.3 cm³/mol. The lowest BCUT2D eigenvalue weighted by Gasteiger charge is -2.23. The summed E-state index contributed by atoms with van der Waals surface area (Å²) in [7, 11) is 0. The maximum atomic E-state index is 11.8. The molecule has 106 valence electrons. The molecule has 0 heterocycles. The van der Waals surface area contributed by atoms with Crippen LogP contribution in [0.25, 0.3) is 0 Å². The lowest BCUT2D eigenvalue weighted by molar-refractivity contribution is -0.116. The van der Waals surface area contributed by atoms with Crippen molar-refractivity contribution in [3.63, 3.8) is 0 Å². The van der Waals surface area contributed by atoms with E-state index in [1.54, 1.807) is 0 Å². The second-order valence-electron chi connectivity index (χ2n) is 5.77. The van der Waals surface area contributed by atoms with Crippen LogP contribution in [0.4, 0.5) is 5.69 Å². The third kappa shape index (κ3) is 6.25. The summed E-state index contributed by atoms with van der Waals surface area (Å²) in [5, 5.41) is 2.87. The van der Waals surface area contributed by atoms with Gasteiger partial charge in [0.05, 0.1) is 5.69 Å². The molecule has 0 aliphatic heterocycles. The highest BCUT2D eigenvalue weighted by Crippen LogP contribution is 2.27. The lowest BCUT2D eigenvalue weighted by Crippen LogP contribution is -2.24. The van der Waals surface area contributed by atoms with Crippen LogP contribution in [0.1, 0.15) is 40.5 Å². The number of amides is 1. The zero-order valence-electron chi connectivity index (χ0n) is 12.2. The quantitative estimate of drug-likeness (QED) is 0.859. The Balaban J connectivity index is 2.70. The van der Waals surface area contributed by atoms with Crippen LogP contribution in [0.3, 0.4) is 0 Å². The smallest absolute Gasteiger partial charge is 0.224 e. The topological polar surface area (TPSA) is 64.4 Å². The first-order valence-corrected chi connectivity index (χ1v) is 6.61. The standard InChI is InChI=1S/C15H24N2O2/c1-11(16)9-10-14(18)17-12-7-5-6-8-13(12)19-15(2,3)4/h5-8,11H,9-10,16H2,1-4H3,(H,17,18). The van der Waals surface area contributed by atoms with E-state index in [2.05, 4.69) is 5.32 Å². The number of para-hydroxylation sites is 2. The highest BCUT2D eigenvalue weighted by atomic mass is 16.5. The zero-order valence-corrected chi connectivity index (χ0v) is 12.2. The van der Waals surface area contributed by atoms with E-state index < -0.39 is 0 Å². The minimum absolute atomic E-state index is 0.0341. The van der Waals surface area contributed by atoms with Gasteiger partial charge < -0.3 is 15.8 Å². The highest BCUT2D eigenvalue weighted by Gasteiger charge is 2.15. The molecule has 1 unspecified atom stereocenters. The molecule has 0 fully saturated rings. The summed E-state index contributed by atoms with van der Waals surface area (Å²) in [6, 6.07) is 7.49. The molecule has 1 aromatic carbocycles. The van der Waals surface area contributed by atoms with Gasteiger partial charge in [-0.25, -0.2) is 0 Å². The van der Waals surface area contributed by atoms with Crippen LogP contribution in [0.5, 0.6) is 5.75 Å². The van der Waals surface area contributed by atoms with E-state index in [9.17, 15) is 4.79 Å². The van der Waals surface area contributed by atoms with E-state index in [0.717, 1.165) is 0 Å². The average molecular weight is 264 g/mol. The van der Waals surface area contributed by atoms with Crippen LogP contribution in [-0.4, -0.2) is 17.6 Å². The van der Waals surface area contributed by atoms with Gasteiger partial charge in [0, 0.05) is 12.5 Å². The molecular weight excluding hydrogens is 240 g/mol. The van der Waals surface area contributed by atoms with E-state index in [-0.39, 0.29) is 17.6 Å². The number of hydrogen-bond acceptors (Lipinski definition) is 3. The molecule has 1 aromatic rings. The molecule has 0 radical (unpaired) electrons. The van der Waals surface area contributed by atoms with Crippen LogP contribution in [-0.2, 0) is 4.79 Å². The zero-order chi connectivity index (χ0) is 14.5. The SMILES string of the molecule is CC(N)CCC(=O)Nc1ccccc1OC(C)(C)C. The predicted octanol–water partition coefficient (Wildman–Crippen LogP) is 2.93. The lowest BCUT2D eigenvalue weighted by atomic mass is 10.1. The van der Waals surface area contributed by atoms with Gasteiger partial charge in [-0.2, -0.15) is 0 Å². The van der Waals surface area contributed by atoms with Crippen LogP contribution >= 0.6 is 0 Å². The first-order chi connectivity index (χ1) is 8.78. The molecule has 0 aliphatic carbocycles. The monoisotopic (exact) mass is 264 g/mol. The van der Waals surface area contributed by atoms with Gasteiger partial charge in [0.15, 0.2) is 0 Å². The van der Waals surface area contributed by atoms with Crippen molar-refractivity contribution < 1.29 is 9.53 Å². The Morgan fingerprint density at radius 3 is 2.58 bits per heavy atom. The number of rotatable bonds is 5. The minimum Gasteiger partial charge on any atom is -0.486 e. The van der Waals surface area contributed by atoms with Crippen molar-refractivity contribution in [2.45, 2.75) is 52.2 Å². The highest BCUT2D eigenvalue weighted by molar-refractivity contribution is 5.92. The Hall–Kier alpha value is -1.55. The van der Waals surface area contributed by atoms with E-state index in [1.165, 1.54) is 0 Å². The number of ether oxygens (including phenoxy) is 1. The van der Waals surface area contributed by atoms with Gasteiger partial charge in [-0.3, -0.25) is 4.79 Å². The molecule has 0 saturated heterocycles. The normalized spacial score (nSPS) is 12.9. The fraction of sp³-hybridized carbons (Fsp3) is 0.533. The number of carbonyl (C=O) groups is 1. The number of benzene rings is 1. The molecular formula is C15H24N2O2. The van der Waals surface area contributed by atoms with Gasteiger partial charge in [0.25, 0.3) is 0 Å². The summed E-state index contributed by atoms with van der Waals surface area (Å²) < 4.78 is 5.82. The van der Waals surface area contributed by atoms with Crippen molar-refractivity contribution >= 4 is 11.6 Å². The number of nitrogens with one attached hydrogen (secondary N) is 1. The molecule has 4 nitrogen and oxygen atoms in total. The summed E-state index contributed by atoms with van der Waals surface area (Å²) in [6.07, 6.45) is 1.09. The maximum absolute atomic E-state index is 11.8. The average Bonchev–Trinajstić information content (AvgIpc) is 2.27. The Morgan fingerprint density at radius 2 is 2.00 bits per heavy atom. The van der Waals surface area contributed by atoms with Crippen molar-refractivity contribution in [3.8, 4) is 5.75 Å². The molecule has 1 atom stereocenters. The van der Waals surface area contributed by atoms with Crippen molar-refractivity contribution in [2.75, 3.05) is 5.32 Å². The maximum Gasteiger partial charge on any atom is 0.224 e. The largest absolute Gasteiger partial charge is 0.486 e. The second kappa shape index (κ2) is 6.57. The van der Waals surface area contributed by atoms with Crippen molar-refractivity contribution in [3.05, 3.63) is 24.3 Å². The van der Waals surface area contributed by atoms with Gasteiger partial charge in [-0.1, -0.05) is 12.1 Å². The molecule has 4 heteroatoms. The molecule has 0 aliphatic rings. The van der Waals surface area contributed by atoms with Crippen molar-refractivity contribution in [1.29, 1.82) is 0 Å². The van der Waals surface area contributed by atoms with E-state index in [0.29, 0.717) is 24.3 Å². The summed E-state index contributed by atoms with van der Waals surface area (Å²) in [4.78, 5) is 11.8.